The second-order valence-electron chi connectivity index (χ2n) is 6.04. The first-order valence-electron chi connectivity index (χ1n) is 8.55. The molecule has 2 rings (SSSR count). The Hall–Kier alpha value is -1.00. The molecule has 25 heavy (non-hydrogen) atoms. The standard InChI is InChI=1S/C16H27N3O4S2/c1-3-14-5-7-15(8-6-14)16-13-17-9-11-19(16)25(22,23)12-10-18-24(20,21)4-2/h5-8,16-18H,3-4,9-13H2,1-2H3. The van der Waals surface area contributed by atoms with Gasteiger partial charge in [0.2, 0.25) is 20.0 Å². The minimum atomic E-state index is -3.56. The van der Waals surface area contributed by atoms with E-state index in [0.29, 0.717) is 19.6 Å². The molecule has 9 heteroatoms. The van der Waals surface area contributed by atoms with Gasteiger partial charge in [-0.05, 0) is 24.5 Å². The fraction of sp³-hybridized carbons (Fsp3) is 0.625. The summed E-state index contributed by atoms with van der Waals surface area (Å²) in [7, 11) is -6.95. The molecule has 0 aromatic heterocycles. The number of sulfonamides is 2. The molecule has 1 aromatic carbocycles. The van der Waals surface area contributed by atoms with Gasteiger partial charge in [-0.15, -0.1) is 0 Å². The molecule has 0 amide bonds. The molecule has 0 saturated carbocycles. The molecule has 0 spiro atoms. The van der Waals surface area contributed by atoms with Gasteiger partial charge in [-0.3, -0.25) is 0 Å². The van der Waals surface area contributed by atoms with Crippen LogP contribution >= 0.6 is 0 Å². The van der Waals surface area contributed by atoms with Gasteiger partial charge in [0.1, 0.15) is 0 Å². The van der Waals surface area contributed by atoms with Crippen molar-refractivity contribution in [2.75, 3.05) is 37.7 Å². The summed E-state index contributed by atoms with van der Waals surface area (Å²) in [4.78, 5) is 0. The summed E-state index contributed by atoms with van der Waals surface area (Å²) in [5.41, 5.74) is 2.15. The molecule has 1 heterocycles. The Morgan fingerprint density at radius 3 is 2.44 bits per heavy atom. The Kier molecular flexibility index (Phi) is 6.98. The van der Waals surface area contributed by atoms with Crippen molar-refractivity contribution in [2.45, 2.75) is 26.3 Å². The van der Waals surface area contributed by atoms with Crippen molar-refractivity contribution >= 4 is 20.0 Å². The Bertz CT molecular complexity index is 761. The van der Waals surface area contributed by atoms with Crippen LogP contribution in [-0.4, -0.2) is 58.8 Å². The summed E-state index contributed by atoms with van der Waals surface area (Å²) in [6, 6.07) is 7.71. The van der Waals surface area contributed by atoms with Crippen molar-refractivity contribution < 1.29 is 16.8 Å². The lowest BCUT2D eigenvalue weighted by Gasteiger charge is -2.35. The number of nitrogens with one attached hydrogen (secondary N) is 2. The third kappa shape index (κ3) is 5.49. The first-order valence-corrected chi connectivity index (χ1v) is 11.8. The van der Waals surface area contributed by atoms with Crippen LogP contribution in [0.4, 0.5) is 0 Å². The number of hydrogen-bond donors (Lipinski definition) is 2. The second kappa shape index (κ2) is 8.59. The maximum Gasteiger partial charge on any atom is 0.216 e. The summed E-state index contributed by atoms with van der Waals surface area (Å²) in [5.74, 6) is -0.303. The van der Waals surface area contributed by atoms with Gasteiger partial charge < -0.3 is 5.32 Å². The molecular weight excluding hydrogens is 362 g/mol. The van der Waals surface area contributed by atoms with Crippen LogP contribution in [0.5, 0.6) is 0 Å². The summed E-state index contributed by atoms with van der Waals surface area (Å²) in [6.07, 6.45) is 0.933. The fourth-order valence-corrected chi connectivity index (χ4v) is 5.12. The van der Waals surface area contributed by atoms with Crippen LogP contribution in [0, 0.1) is 0 Å². The van der Waals surface area contributed by atoms with Crippen LogP contribution in [0.3, 0.4) is 0 Å². The van der Waals surface area contributed by atoms with Gasteiger partial charge in [0.15, 0.2) is 0 Å². The molecule has 142 valence electrons. The van der Waals surface area contributed by atoms with E-state index < -0.39 is 20.0 Å². The van der Waals surface area contributed by atoms with E-state index in [1.54, 1.807) is 0 Å². The van der Waals surface area contributed by atoms with Crippen LogP contribution in [0.2, 0.25) is 0 Å². The zero-order chi connectivity index (χ0) is 18.5. The van der Waals surface area contributed by atoms with Crippen molar-refractivity contribution in [1.82, 2.24) is 14.3 Å². The Labute approximate surface area is 150 Å². The van der Waals surface area contributed by atoms with E-state index in [4.69, 9.17) is 0 Å². The Balaban J connectivity index is 2.12. The highest BCUT2D eigenvalue weighted by Crippen LogP contribution is 2.25. The Morgan fingerprint density at radius 2 is 1.84 bits per heavy atom. The maximum atomic E-state index is 12.7. The van der Waals surface area contributed by atoms with E-state index in [2.05, 4.69) is 17.0 Å². The number of benzene rings is 1. The van der Waals surface area contributed by atoms with Gasteiger partial charge in [-0.1, -0.05) is 31.2 Å². The molecule has 1 saturated heterocycles. The van der Waals surface area contributed by atoms with Gasteiger partial charge in [0, 0.05) is 26.2 Å². The first kappa shape index (κ1) is 20.3. The first-order chi connectivity index (χ1) is 11.8. The van der Waals surface area contributed by atoms with Crippen LogP contribution in [-0.2, 0) is 26.5 Å². The maximum absolute atomic E-state index is 12.7. The molecular formula is C16H27N3O4S2. The number of hydrogen-bond acceptors (Lipinski definition) is 5. The van der Waals surface area contributed by atoms with E-state index in [-0.39, 0.29) is 24.1 Å². The van der Waals surface area contributed by atoms with Crippen LogP contribution in [0.15, 0.2) is 24.3 Å². The minimum Gasteiger partial charge on any atom is -0.313 e. The number of piperazine rings is 1. The largest absolute Gasteiger partial charge is 0.313 e. The van der Waals surface area contributed by atoms with Gasteiger partial charge in [-0.2, -0.15) is 4.31 Å². The SMILES string of the molecule is CCc1ccc(C2CNCCN2S(=O)(=O)CCNS(=O)(=O)CC)cc1. The van der Waals surface area contributed by atoms with Crippen LogP contribution in [0.1, 0.15) is 31.0 Å². The third-order valence-electron chi connectivity index (χ3n) is 4.39. The van der Waals surface area contributed by atoms with E-state index in [0.717, 1.165) is 12.0 Å². The average molecular weight is 390 g/mol. The molecule has 1 aromatic rings. The topological polar surface area (TPSA) is 95.6 Å². The quantitative estimate of drug-likeness (QED) is 0.674. The highest BCUT2D eigenvalue weighted by atomic mass is 32.2. The van der Waals surface area contributed by atoms with E-state index in [1.165, 1.54) is 16.8 Å². The predicted octanol–water partition coefficient (Wildman–Crippen LogP) is 0.464. The third-order valence-corrected chi connectivity index (χ3v) is 7.66. The van der Waals surface area contributed by atoms with Gasteiger partial charge >= 0.3 is 0 Å². The highest BCUT2D eigenvalue weighted by molar-refractivity contribution is 7.90. The smallest absolute Gasteiger partial charge is 0.216 e. The van der Waals surface area contributed by atoms with Crippen molar-refractivity contribution in [1.29, 1.82) is 0 Å². The lowest BCUT2D eigenvalue weighted by Crippen LogP contribution is -2.50. The van der Waals surface area contributed by atoms with Crippen LogP contribution < -0.4 is 10.0 Å². The molecule has 2 N–H and O–H groups in total. The number of aryl methyl sites for hydroxylation is 1. The van der Waals surface area contributed by atoms with Gasteiger partial charge in [0.05, 0.1) is 17.5 Å². The highest BCUT2D eigenvalue weighted by Gasteiger charge is 2.33. The van der Waals surface area contributed by atoms with Crippen LogP contribution in [0.25, 0.3) is 0 Å². The van der Waals surface area contributed by atoms with E-state index in [9.17, 15) is 16.8 Å². The molecule has 0 radical (unpaired) electrons. The van der Waals surface area contributed by atoms with Gasteiger partial charge in [-0.25, -0.2) is 21.6 Å². The van der Waals surface area contributed by atoms with Crippen molar-refractivity contribution in [3.63, 3.8) is 0 Å². The van der Waals surface area contributed by atoms with E-state index >= 15 is 0 Å². The second-order valence-corrected chi connectivity index (χ2v) is 10.2. The van der Waals surface area contributed by atoms with Crippen molar-refractivity contribution in [2.24, 2.45) is 0 Å². The summed E-state index contributed by atoms with van der Waals surface area (Å²) in [5, 5.41) is 3.24. The molecule has 1 atom stereocenters. The van der Waals surface area contributed by atoms with Crippen molar-refractivity contribution in [3.05, 3.63) is 35.4 Å². The summed E-state index contributed by atoms with van der Waals surface area (Å²) < 4.78 is 52.2. The zero-order valence-corrected chi connectivity index (χ0v) is 16.4. The van der Waals surface area contributed by atoms with E-state index in [1.807, 2.05) is 24.3 Å². The normalized spacial score (nSPS) is 19.8. The Morgan fingerprint density at radius 1 is 1.16 bits per heavy atom. The molecule has 1 aliphatic heterocycles. The molecule has 0 aliphatic carbocycles. The minimum absolute atomic E-state index is 0.0624. The molecule has 0 bridgehead atoms. The lowest BCUT2D eigenvalue weighted by molar-refractivity contribution is 0.271. The molecule has 7 nitrogen and oxygen atoms in total. The summed E-state index contributed by atoms with van der Waals surface area (Å²) >= 11 is 0. The number of rotatable bonds is 8. The average Bonchev–Trinajstić information content (AvgIpc) is 2.61. The number of nitrogens with zero attached hydrogens (tertiary/aromatic N) is 1. The summed E-state index contributed by atoms with van der Waals surface area (Å²) in [6.45, 7) is 5.00. The molecule has 1 fully saturated rings. The predicted molar refractivity (Wildman–Crippen MR) is 99.4 cm³/mol. The fourth-order valence-electron chi connectivity index (χ4n) is 2.82. The zero-order valence-electron chi connectivity index (χ0n) is 14.7. The molecule has 1 aliphatic rings. The monoisotopic (exact) mass is 389 g/mol. The molecule has 1 unspecified atom stereocenters. The lowest BCUT2D eigenvalue weighted by atomic mass is 10.0. The van der Waals surface area contributed by atoms with Crippen molar-refractivity contribution in [3.8, 4) is 0 Å². The van der Waals surface area contributed by atoms with Gasteiger partial charge in [0.25, 0.3) is 0 Å².